The van der Waals surface area contributed by atoms with Gasteiger partial charge >= 0.3 is 6.09 Å². The molecule has 1 aromatic heterocycles. The largest absolute Gasteiger partial charge is 0.444 e. The predicted octanol–water partition coefficient (Wildman–Crippen LogP) is 2.60. The molecule has 44 heavy (non-hydrogen) atoms. The number of aromatic nitrogens is 2. The maximum Gasteiger partial charge on any atom is 0.410 e. The summed E-state index contributed by atoms with van der Waals surface area (Å²) in [7, 11) is -3.69. The number of likely N-dealkylation sites (tertiary alicyclic amines) is 1. The third-order valence-electron chi connectivity index (χ3n) is 7.47. The molecule has 3 amide bonds. The Morgan fingerprint density at radius 1 is 1.09 bits per heavy atom. The van der Waals surface area contributed by atoms with Crippen LogP contribution in [-0.2, 0) is 35.1 Å². The van der Waals surface area contributed by atoms with E-state index in [0.29, 0.717) is 50.3 Å². The van der Waals surface area contributed by atoms with Gasteiger partial charge in [-0.3, -0.25) is 13.8 Å². The van der Waals surface area contributed by atoms with Gasteiger partial charge < -0.3 is 28.7 Å². The molecule has 0 bridgehead atoms. The zero-order valence-electron chi connectivity index (χ0n) is 26.5. The molecule has 2 aliphatic heterocycles. The van der Waals surface area contributed by atoms with Crippen molar-refractivity contribution in [1.82, 2.24) is 24.3 Å². The summed E-state index contributed by atoms with van der Waals surface area (Å²) in [6.07, 6.45) is 0.804. The van der Waals surface area contributed by atoms with Crippen LogP contribution in [0.5, 0.6) is 0 Å². The van der Waals surface area contributed by atoms with Crippen molar-refractivity contribution in [2.45, 2.75) is 59.2 Å². The Morgan fingerprint density at radius 2 is 1.77 bits per heavy atom. The van der Waals surface area contributed by atoms with Gasteiger partial charge in [0.1, 0.15) is 5.60 Å². The number of hydrogen-bond donors (Lipinski definition) is 0. The molecule has 2 atom stereocenters. The molecule has 0 aliphatic carbocycles. The number of imidazole rings is 1. The van der Waals surface area contributed by atoms with E-state index in [1.54, 1.807) is 41.2 Å². The van der Waals surface area contributed by atoms with Crippen LogP contribution in [0.4, 0.5) is 4.79 Å². The van der Waals surface area contributed by atoms with Crippen LogP contribution >= 0.6 is 0 Å². The van der Waals surface area contributed by atoms with Gasteiger partial charge in [0.2, 0.25) is 5.91 Å². The minimum Gasteiger partial charge on any atom is -0.444 e. The van der Waals surface area contributed by atoms with Gasteiger partial charge in [-0.2, -0.15) is 8.42 Å². The summed E-state index contributed by atoms with van der Waals surface area (Å²) in [6.45, 7) is 11.8. The number of carbonyl (C=O) groups excluding carboxylic acids is 3. The second-order valence-corrected chi connectivity index (χ2v) is 14.5. The Morgan fingerprint density at radius 3 is 2.41 bits per heavy atom. The van der Waals surface area contributed by atoms with Crippen molar-refractivity contribution < 1.29 is 36.5 Å². The number of fused-ring (bicyclic) bond motifs is 1. The molecule has 2 aliphatic rings. The van der Waals surface area contributed by atoms with E-state index in [0.717, 1.165) is 6.26 Å². The molecule has 13 nitrogen and oxygen atoms in total. The van der Waals surface area contributed by atoms with E-state index in [-0.39, 0.29) is 49.8 Å². The van der Waals surface area contributed by atoms with Gasteiger partial charge in [-0.1, -0.05) is 26.0 Å². The first-order valence-electron chi connectivity index (χ1n) is 15.1. The van der Waals surface area contributed by atoms with Crippen molar-refractivity contribution in [3.63, 3.8) is 0 Å². The Balaban J connectivity index is 1.69. The van der Waals surface area contributed by atoms with Gasteiger partial charge in [0.25, 0.3) is 16.0 Å². The minimum atomic E-state index is -3.69. The molecule has 0 radical (unpaired) electrons. The monoisotopic (exact) mass is 635 g/mol. The molecule has 0 N–H and O–H groups in total. The Bertz CT molecular complexity index is 1440. The standard InChI is InChI=1S/C30H45N5O8S/c1-21(2)18-35(28(37)26-31-24-9-7-8-10-25(24)34(26)13-16-42-44(6,39)40)23-17-22(27(36)32-11-14-41-15-12-32)19-33(20-23)29(38)43-30(3,4)5/h7-10,21-23H,11-20H2,1-6H3. The predicted molar refractivity (Wildman–Crippen MR) is 164 cm³/mol. The SMILES string of the molecule is CC(C)CN(C(=O)c1nc2ccccc2n1CCOS(C)(=O)=O)C1CC(C(=O)N2CCOCC2)CN(C(=O)OC(C)(C)C)C1. The number of para-hydroxylation sites is 2. The summed E-state index contributed by atoms with van der Waals surface area (Å²) in [5.74, 6) is -0.787. The van der Waals surface area contributed by atoms with Gasteiger partial charge in [-0.25, -0.2) is 9.78 Å². The number of amides is 3. The highest BCUT2D eigenvalue weighted by Crippen LogP contribution is 2.28. The zero-order valence-corrected chi connectivity index (χ0v) is 27.3. The molecule has 2 fully saturated rings. The highest BCUT2D eigenvalue weighted by Gasteiger charge is 2.41. The van der Waals surface area contributed by atoms with E-state index in [1.165, 1.54) is 4.90 Å². The van der Waals surface area contributed by atoms with E-state index in [2.05, 4.69) is 4.98 Å². The summed E-state index contributed by atoms with van der Waals surface area (Å²) in [4.78, 5) is 51.2. The minimum absolute atomic E-state index is 0.0654. The normalized spacial score (nSPS) is 19.8. The maximum absolute atomic E-state index is 14.5. The maximum atomic E-state index is 14.5. The molecule has 14 heteroatoms. The number of nitrogens with zero attached hydrogens (tertiary/aromatic N) is 5. The van der Waals surface area contributed by atoms with E-state index < -0.39 is 33.8 Å². The van der Waals surface area contributed by atoms with Crippen molar-refractivity contribution in [3.8, 4) is 0 Å². The number of ether oxygens (including phenoxy) is 2. The van der Waals surface area contributed by atoms with Crippen LogP contribution in [0.15, 0.2) is 24.3 Å². The second kappa shape index (κ2) is 13.8. The average molecular weight is 636 g/mol. The lowest BCUT2D eigenvalue weighted by molar-refractivity contribution is -0.142. The third-order valence-corrected chi connectivity index (χ3v) is 8.07. The molecule has 2 unspecified atom stereocenters. The van der Waals surface area contributed by atoms with Crippen LogP contribution in [0, 0.1) is 11.8 Å². The molecule has 2 aromatic rings. The number of morpholine rings is 1. The summed E-state index contributed by atoms with van der Waals surface area (Å²) in [6, 6.07) is 6.73. The van der Waals surface area contributed by atoms with Gasteiger partial charge in [-0.05, 0) is 45.2 Å². The van der Waals surface area contributed by atoms with E-state index >= 15 is 0 Å². The van der Waals surface area contributed by atoms with Crippen LogP contribution in [0.25, 0.3) is 11.0 Å². The van der Waals surface area contributed by atoms with E-state index in [9.17, 15) is 22.8 Å². The molecule has 2 saturated heterocycles. The molecule has 1 aromatic carbocycles. The van der Waals surface area contributed by atoms with Gasteiger partial charge in [0.05, 0.1) is 49.1 Å². The van der Waals surface area contributed by atoms with Gasteiger partial charge in [-0.15, -0.1) is 0 Å². The van der Waals surface area contributed by atoms with Crippen molar-refractivity contribution in [3.05, 3.63) is 30.1 Å². The van der Waals surface area contributed by atoms with Crippen LogP contribution < -0.4 is 0 Å². The number of hydrogen-bond acceptors (Lipinski definition) is 9. The highest BCUT2D eigenvalue weighted by molar-refractivity contribution is 7.85. The number of piperidine rings is 1. The van der Waals surface area contributed by atoms with Gasteiger partial charge in [0.15, 0.2) is 5.82 Å². The van der Waals surface area contributed by atoms with Crippen molar-refractivity contribution in [1.29, 1.82) is 0 Å². The van der Waals surface area contributed by atoms with Crippen molar-refractivity contribution in [2.24, 2.45) is 11.8 Å². The fourth-order valence-corrected chi connectivity index (χ4v) is 6.04. The third kappa shape index (κ3) is 8.69. The van der Waals surface area contributed by atoms with E-state index in [1.807, 2.05) is 32.0 Å². The summed E-state index contributed by atoms with van der Waals surface area (Å²) < 4.78 is 41.1. The summed E-state index contributed by atoms with van der Waals surface area (Å²) in [5, 5.41) is 0. The topological polar surface area (TPSA) is 141 Å². The van der Waals surface area contributed by atoms with Crippen molar-refractivity contribution in [2.75, 3.05) is 58.8 Å². The van der Waals surface area contributed by atoms with Crippen LogP contribution in [0.2, 0.25) is 0 Å². The van der Waals surface area contributed by atoms with Crippen LogP contribution in [-0.4, -0.2) is 121 Å². The lowest BCUT2D eigenvalue weighted by atomic mass is 9.91. The second-order valence-electron chi connectivity index (χ2n) is 12.9. The van der Waals surface area contributed by atoms with E-state index in [4.69, 9.17) is 13.7 Å². The smallest absolute Gasteiger partial charge is 0.410 e. The average Bonchev–Trinajstić information content (AvgIpc) is 3.32. The van der Waals surface area contributed by atoms with Crippen LogP contribution in [0.3, 0.4) is 0 Å². The summed E-state index contributed by atoms with van der Waals surface area (Å²) >= 11 is 0. The highest BCUT2D eigenvalue weighted by atomic mass is 32.2. The molecular weight excluding hydrogens is 590 g/mol. The lowest BCUT2D eigenvalue weighted by Crippen LogP contribution is -2.58. The lowest BCUT2D eigenvalue weighted by Gasteiger charge is -2.44. The molecular formula is C30H45N5O8S. The molecule has 4 rings (SSSR count). The van der Waals surface area contributed by atoms with Crippen LogP contribution in [0.1, 0.15) is 51.7 Å². The fraction of sp³-hybridized carbons (Fsp3) is 0.667. The quantitative estimate of drug-likeness (QED) is 0.380. The first-order chi connectivity index (χ1) is 20.6. The zero-order chi connectivity index (χ0) is 32.2. The first kappa shape index (κ1) is 33.7. The Hall–Kier alpha value is -3.23. The Kier molecular flexibility index (Phi) is 10.6. The molecule has 0 spiro atoms. The number of carbonyl (C=O) groups is 3. The summed E-state index contributed by atoms with van der Waals surface area (Å²) in [5.41, 5.74) is 0.510. The molecule has 244 valence electrons. The number of rotatable bonds is 9. The molecule has 0 saturated carbocycles. The number of benzene rings is 1. The Labute approximate surface area is 259 Å². The van der Waals surface area contributed by atoms with Gasteiger partial charge in [0, 0.05) is 39.3 Å². The molecule has 3 heterocycles. The first-order valence-corrected chi connectivity index (χ1v) is 16.9. The van der Waals surface area contributed by atoms with Crippen molar-refractivity contribution >= 4 is 39.1 Å². The fourth-order valence-electron chi connectivity index (χ4n) is 5.66.